The minimum Gasteiger partial charge on any atom is -0.377 e. The van der Waals surface area contributed by atoms with Gasteiger partial charge in [0.25, 0.3) is 0 Å². The van der Waals surface area contributed by atoms with Gasteiger partial charge in [0.15, 0.2) is 0 Å². The molecule has 7 heteroatoms. The van der Waals surface area contributed by atoms with Crippen LogP contribution in [0.3, 0.4) is 0 Å². The van der Waals surface area contributed by atoms with E-state index in [1.165, 1.54) is 4.31 Å². The molecular formula is C11H19N3O3S. The minimum atomic E-state index is -3.48. The van der Waals surface area contributed by atoms with Gasteiger partial charge in [-0.1, -0.05) is 0 Å². The van der Waals surface area contributed by atoms with Gasteiger partial charge >= 0.3 is 0 Å². The Morgan fingerprint density at radius 1 is 1.50 bits per heavy atom. The molecule has 2 rings (SSSR count). The molecule has 102 valence electrons. The Kier molecular flexibility index (Phi) is 3.74. The second-order valence-electron chi connectivity index (χ2n) is 4.68. The number of H-pyrrole nitrogens is 1. The fourth-order valence-electron chi connectivity index (χ4n) is 2.25. The summed E-state index contributed by atoms with van der Waals surface area (Å²) in [6, 6.07) is 0. The Labute approximate surface area is 107 Å². The van der Waals surface area contributed by atoms with E-state index in [2.05, 4.69) is 10.2 Å². The molecule has 1 N–H and O–H groups in total. The van der Waals surface area contributed by atoms with Crippen molar-refractivity contribution in [2.24, 2.45) is 0 Å². The number of aromatic amines is 1. The van der Waals surface area contributed by atoms with Crippen molar-refractivity contribution in [1.29, 1.82) is 0 Å². The summed E-state index contributed by atoms with van der Waals surface area (Å²) in [6.07, 6.45) is 1.93. The zero-order valence-corrected chi connectivity index (χ0v) is 11.7. The van der Waals surface area contributed by atoms with Crippen molar-refractivity contribution < 1.29 is 13.2 Å². The van der Waals surface area contributed by atoms with Crippen molar-refractivity contribution >= 4 is 10.0 Å². The van der Waals surface area contributed by atoms with E-state index in [1.54, 1.807) is 20.9 Å². The second kappa shape index (κ2) is 4.99. The fourth-order valence-corrected chi connectivity index (χ4v) is 3.78. The van der Waals surface area contributed by atoms with Crippen LogP contribution in [0.15, 0.2) is 4.90 Å². The number of aryl methyl sites for hydroxylation is 2. The normalized spacial score (nSPS) is 20.8. The van der Waals surface area contributed by atoms with Gasteiger partial charge in [0.1, 0.15) is 4.90 Å². The molecule has 1 fully saturated rings. The third-order valence-corrected chi connectivity index (χ3v) is 5.30. The van der Waals surface area contributed by atoms with E-state index in [0.29, 0.717) is 17.9 Å². The number of aromatic nitrogens is 2. The van der Waals surface area contributed by atoms with Gasteiger partial charge in [0.2, 0.25) is 10.0 Å². The molecule has 0 bridgehead atoms. The van der Waals surface area contributed by atoms with Gasteiger partial charge in [-0.3, -0.25) is 5.10 Å². The van der Waals surface area contributed by atoms with Gasteiger partial charge < -0.3 is 4.74 Å². The number of sulfonamides is 1. The van der Waals surface area contributed by atoms with Crippen LogP contribution < -0.4 is 0 Å². The van der Waals surface area contributed by atoms with Crippen LogP contribution in [0, 0.1) is 13.8 Å². The lowest BCUT2D eigenvalue weighted by atomic mass is 10.2. The molecule has 1 unspecified atom stereocenters. The highest BCUT2D eigenvalue weighted by atomic mass is 32.2. The van der Waals surface area contributed by atoms with Gasteiger partial charge in [0, 0.05) is 20.2 Å². The van der Waals surface area contributed by atoms with Crippen LogP contribution in [-0.4, -0.2) is 49.2 Å². The lowest BCUT2D eigenvalue weighted by molar-refractivity contribution is 0.0978. The third kappa shape index (κ3) is 2.43. The van der Waals surface area contributed by atoms with E-state index < -0.39 is 10.0 Å². The quantitative estimate of drug-likeness (QED) is 0.881. The molecule has 1 saturated heterocycles. The highest BCUT2D eigenvalue weighted by molar-refractivity contribution is 7.89. The molecule has 0 spiro atoms. The van der Waals surface area contributed by atoms with Gasteiger partial charge in [0.05, 0.1) is 17.5 Å². The minimum absolute atomic E-state index is 0.0114. The number of likely N-dealkylation sites (N-methyl/N-ethyl adjacent to an activating group) is 1. The lowest BCUT2D eigenvalue weighted by Gasteiger charge is -2.20. The largest absolute Gasteiger partial charge is 0.377 e. The molecule has 18 heavy (non-hydrogen) atoms. The summed E-state index contributed by atoms with van der Waals surface area (Å²) in [5.74, 6) is 0. The van der Waals surface area contributed by atoms with Gasteiger partial charge in [-0.15, -0.1) is 0 Å². The van der Waals surface area contributed by atoms with E-state index in [-0.39, 0.29) is 11.0 Å². The van der Waals surface area contributed by atoms with E-state index in [4.69, 9.17) is 4.74 Å². The number of nitrogens with zero attached hydrogens (tertiary/aromatic N) is 2. The van der Waals surface area contributed by atoms with Crippen LogP contribution in [0.4, 0.5) is 0 Å². The fraction of sp³-hybridized carbons (Fsp3) is 0.727. The summed E-state index contributed by atoms with van der Waals surface area (Å²) in [7, 11) is -1.90. The van der Waals surface area contributed by atoms with Crippen molar-refractivity contribution in [3.8, 4) is 0 Å². The molecule has 0 radical (unpaired) electrons. The third-order valence-electron chi connectivity index (χ3n) is 3.21. The Morgan fingerprint density at radius 2 is 2.22 bits per heavy atom. The first kappa shape index (κ1) is 13.5. The average Bonchev–Trinajstić information content (AvgIpc) is 2.89. The van der Waals surface area contributed by atoms with Crippen molar-refractivity contribution in [1.82, 2.24) is 14.5 Å². The lowest BCUT2D eigenvalue weighted by Crippen LogP contribution is -2.34. The molecule has 6 nitrogen and oxygen atoms in total. The van der Waals surface area contributed by atoms with Crippen LogP contribution in [0.1, 0.15) is 24.2 Å². The molecule has 0 saturated carbocycles. The Hall–Kier alpha value is -0.920. The summed E-state index contributed by atoms with van der Waals surface area (Å²) in [5, 5.41) is 6.64. The maximum absolute atomic E-state index is 12.4. The first-order valence-corrected chi connectivity index (χ1v) is 7.46. The monoisotopic (exact) mass is 273 g/mol. The van der Waals surface area contributed by atoms with E-state index in [0.717, 1.165) is 19.4 Å². The van der Waals surface area contributed by atoms with Gasteiger partial charge in [-0.25, -0.2) is 8.42 Å². The smallest absolute Gasteiger partial charge is 0.246 e. The summed E-state index contributed by atoms with van der Waals surface area (Å²) in [5.41, 5.74) is 1.08. The van der Waals surface area contributed by atoms with Gasteiger partial charge in [-0.05, 0) is 26.7 Å². The molecule has 0 amide bonds. The number of nitrogens with one attached hydrogen (secondary N) is 1. The van der Waals surface area contributed by atoms with Crippen molar-refractivity contribution in [3.63, 3.8) is 0 Å². The Balaban J connectivity index is 2.20. The highest BCUT2D eigenvalue weighted by Gasteiger charge is 2.29. The number of ether oxygens (including phenoxy) is 1. The Bertz CT molecular complexity index is 498. The van der Waals surface area contributed by atoms with E-state index >= 15 is 0 Å². The zero-order valence-electron chi connectivity index (χ0n) is 10.9. The molecule has 1 aliphatic rings. The topological polar surface area (TPSA) is 75.3 Å². The molecule has 0 aliphatic carbocycles. The predicted octanol–water partition coefficient (Wildman–Crippen LogP) is 0.826. The second-order valence-corrected chi connectivity index (χ2v) is 6.67. The van der Waals surface area contributed by atoms with Crippen LogP contribution in [0.25, 0.3) is 0 Å². The zero-order chi connectivity index (χ0) is 13.3. The molecule has 1 aromatic heterocycles. The van der Waals surface area contributed by atoms with Crippen LogP contribution in [0.5, 0.6) is 0 Å². The SMILES string of the molecule is Cc1n[nH]c(C)c1S(=O)(=O)N(C)CC1CCCO1. The predicted molar refractivity (Wildman–Crippen MR) is 66.9 cm³/mol. The Morgan fingerprint density at radius 3 is 2.72 bits per heavy atom. The number of rotatable bonds is 4. The summed E-state index contributed by atoms with van der Waals surface area (Å²) >= 11 is 0. The van der Waals surface area contributed by atoms with E-state index in [1.807, 2.05) is 0 Å². The van der Waals surface area contributed by atoms with Crippen LogP contribution >= 0.6 is 0 Å². The first-order valence-electron chi connectivity index (χ1n) is 6.02. The molecule has 0 aromatic carbocycles. The summed E-state index contributed by atoms with van der Waals surface area (Å²) in [6.45, 7) is 4.53. The maximum Gasteiger partial charge on any atom is 0.246 e. The average molecular weight is 273 g/mol. The number of hydrogen-bond acceptors (Lipinski definition) is 4. The van der Waals surface area contributed by atoms with Crippen molar-refractivity contribution in [2.75, 3.05) is 20.2 Å². The molecule has 1 aliphatic heterocycles. The summed E-state index contributed by atoms with van der Waals surface area (Å²) in [4.78, 5) is 0.281. The van der Waals surface area contributed by atoms with Gasteiger partial charge in [-0.2, -0.15) is 9.40 Å². The standard InChI is InChI=1S/C11H19N3O3S/c1-8-11(9(2)13-12-8)18(15,16)14(3)7-10-5-4-6-17-10/h10H,4-7H2,1-3H3,(H,12,13). The molecule has 2 heterocycles. The highest BCUT2D eigenvalue weighted by Crippen LogP contribution is 2.22. The molecular weight excluding hydrogens is 254 g/mol. The van der Waals surface area contributed by atoms with E-state index in [9.17, 15) is 8.42 Å². The van der Waals surface area contributed by atoms with Crippen LogP contribution in [-0.2, 0) is 14.8 Å². The van der Waals surface area contributed by atoms with Crippen molar-refractivity contribution in [3.05, 3.63) is 11.4 Å². The first-order chi connectivity index (χ1) is 8.43. The maximum atomic E-state index is 12.4. The van der Waals surface area contributed by atoms with Crippen LogP contribution in [0.2, 0.25) is 0 Å². The van der Waals surface area contributed by atoms with Crippen molar-refractivity contribution in [2.45, 2.75) is 37.7 Å². The molecule has 1 atom stereocenters. The number of hydrogen-bond donors (Lipinski definition) is 1. The summed E-state index contributed by atoms with van der Waals surface area (Å²) < 4.78 is 31.7. The molecule has 1 aromatic rings.